The maximum absolute atomic E-state index is 5.86. The number of hydrogen-bond donors (Lipinski definition) is 2. The molecule has 1 aliphatic heterocycles. The van der Waals surface area contributed by atoms with Gasteiger partial charge in [-0.2, -0.15) is 0 Å². The zero-order chi connectivity index (χ0) is 18.7. The lowest BCUT2D eigenvalue weighted by atomic mass is 10.1. The van der Waals surface area contributed by atoms with Gasteiger partial charge in [-0.25, -0.2) is 0 Å². The number of hydrogen-bond acceptors (Lipinski definition) is 1. The van der Waals surface area contributed by atoms with Gasteiger partial charge >= 0.3 is 0 Å². The third-order valence-electron chi connectivity index (χ3n) is 5.61. The highest BCUT2D eigenvalue weighted by Crippen LogP contribution is 2.12. The zero-order valence-corrected chi connectivity index (χ0v) is 16.9. The molecule has 3 rings (SSSR count). The predicted octanol–water partition coefficient (Wildman–Crippen LogP) is 2.13. The molecule has 0 atom stereocenters. The molecule has 0 unspecified atom stereocenters. The summed E-state index contributed by atoms with van der Waals surface area (Å²) in [6.07, 6.45) is 5.02. The summed E-state index contributed by atoms with van der Waals surface area (Å²) in [5.74, 6) is 1.02. The van der Waals surface area contributed by atoms with E-state index in [0.29, 0.717) is 0 Å². The Labute approximate surface area is 164 Å². The molecule has 3 heteroatoms. The molecule has 0 aliphatic carbocycles. The first-order chi connectivity index (χ1) is 13.3. The van der Waals surface area contributed by atoms with Crippen LogP contribution >= 0.6 is 0 Å². The summed E-state index contributed by atoms with van der Waals surface area (Å²) in [6, 6.07) is 19.7. The lowest BCUT2D eigenvalue weighted by molar-refractivity contribution is -1.02. The number of nitrogens with one attached hydrogen (secondary N) is 2. The van der Waals surface area contributed by atoms with E-state index in [2.05, 4.69) is 61.5 Å². The van der Waals surface area contributed by atoms with Gasteiger partial charge < -0.3 is 14.5 Å². The molecule has 2 aromatic rings. The van der Waals surface area contributed by atoms with Crippen LogP contribution in [0.5, 0.6) is 5.75 Å². The summed E-state index contributed by atoms with van der Waals surface area (Å²) in [6.45, 7) is 10.4. The van der Waals surface area contributed by atoms with Crippen LogP contribution in [0.4, 0.5) is 0 Å². The summed E-state index contributed by atoms with van der Waals surface area (Å²) in [7, 11) is 0. The van der Waals surface area contributed by atoms with E-state index >= 15 is 0 Å². The first-order valence-electron chi connectivity index (χ1n) is 10.8. The molecule has 0 amide bonds. The van der Waals surface area contributed by atoms with Crippen LogP contribution < -0.4 is 14.5 Å². The maximum Gasteiger partial charge on any atom is 0.127 e. The van der Waals surface area contributed by atoms with Crippen molar-refractivity contribution in [2.45, 2.75) is 45.7 Å². The fraction of sp³-hybridized carbons (Fsp3) is 0.500. The standard InChI is InChI=1S/C24H34N2O/c1-2-3-4-8-19-27-24-13-11-23(12-14-24)21-26-17-15-25(16-18-26)20-22-9-6-5-7-10-22/h5-7,9-14H,2-4,8,15-21H2,1H3/p+2. The first kappa shape index (κ1) is 19.9. The third kappa shape index (κ3) is 7.00. The number of unbranched alkanes of at least 4 members (excludes halogenated alkanes) is 3. The van der Waals surface area contributed by atoms with Crippen LogP contribution in [0.3, 0.4) is 0 Å². The normalized spacial score (nSPS) is 19.7. The molecule has 1 aliphatic rings. The van der Waals surface area contributed by atoms with E-state index in [9.17, 15) is 0 Å². The Morgan fingerprint density at radius 2 is 1.30 bits per heavy atom. The van der Waals surface area contributed by atoms with Gasteiger partial charge in [-0.1, -0.05) is 56.5 Å². The molecule has 0 saturated carbocycles. The maximum atomic E-state index is 5.86. The molecule has 3 nitrogen and oxygen atoms in total. The van der Waals surface area contributed by atoms with Crippen molar-refractivity contribution in [3.63, 3.8) is 0 Å². The topological polar surface area (TPSA) is 18.1 Å². The number of piperazine rings is 1. The molecule has 2 N–H and O–H groups in total. The molecule has 146 valence electrons. The Balaban J connectivity index is 1.36. The molecule has 1 saturated heterocycles. The van der Waals surface area contributed by atoms with Crippen molar-refractivity contribution in [3.05, 3.63) is 65.7 Å². The average Bonchev–Trinajstić information content (AvgIpc) is 2.71. The number of quaternary nitrogens is 2. The van der Waals surface area contributed by atoms with Crippen LogP contribution in [0.1, 0.15) is 43.7 Å². The van der Waals surface area contributed by atoms with Crippen LogP contribution in [-0.2, 0) is 13.1 Å². The highest BCUT2D eigenvalue weighted by molar-refractivity contribution is 5.26. The van der Waals surface area contributed by atoms with Crippen molar-refractivity contribution in [1.29, 1.82) is 0 Å². The van der Waals surface area contributed by atoms with E-state index < -0.39 is 0 Å². The fourth-order valence-corrected chi connectivity index (χ4v) is 3.91. The SMILES string of the molecule is CCCCCCOc1ccc(C[NH+]2CC[NH+](Cc3ccccc3)CC2)cc1. The second-order valence-electron chi connectivity index (χ2n) is 7.89. The summed E-state index contributed by atoms with van der Waals surface area (Å²) < 4.78 is 5.86. The Morgan fingerprint density at radius 1 is 0.704 bits per heavy atom. The Morgan fingerprint density at radius 3 is 1.89 bits per heavy atom. The molecular weight excluding hydrogens is 332 g/mol. The van der Waals surface area contributed by atoms with Gasteiger partial charge in [-0.15, -0.1) is 0 Å². The third-order valence-corrected chi connectivity index (χ3v) is 5.61. The van der Waals surface area contributed by atoms with Gasteiger partial charge in [0, 0.05) is 11.1 Å². The van der Waals surface area contributed by atoms with Gasteiger partial charge in [0.15, 0.2) is 0 Å². The highest BCUT2D eigenvalue weighted by Gasteiger charge is 2.22. The van der Waals surface area contributed by atoms with Crippen LogP contribution in [-0.4, -0.2) is 32.8 Å². The van der Waals surface area contributed by atoms with Gasteiger partial charge in [0.25, 0.3) is 0 Å². The van der Waals surface area contributed by atoms with Crippen molar-refractivity contribution < 1.29 is 14.5 Å². The number of ether oxygens (including phenoxy) is 1. The van der Waals surface area contributed by atoms with Gasteiger partial charge in [0.05, 0.1) is 6.61 Å². The van der Waals surface area contributed by atoms with Crippen molar-refractivity contribution in [3.8, 4) is 5.75 Å². The monoisotopic (exact) mass is 368 g/mol. The van der Waals surface area contributed by atoms with Crippen LogP contribution in [0.15, 0.2) is 54.6 Å². The van der Waals surface area contributed by atoms with Gasteiger partial charge in [-0.05, 0) is 30.7 Å². The largest absolute Gasteiger partial charge is 0.494 e. The van der Waals surface area contributed by atoms with Gasteiger partial charge in [0.2, 0.25) is 0 Å². The minimum atomic E-state index is 0.844. The summed E-state index contributed by atoms with van der Waals surface area (Å²) in [4.78, 5) is 3.43. The van der Waals surface area contributed by atoms with E-state index in [1.165, 1.54) is 63.1 Å². The average molecular weight is 369 g/mol. The van der Waals surface area contributed by atoms with Crippen molar-refractivity contribution in [2.75, 3.05) is 32.8 Å². The van der Waals surface area contributed by atoms with E-state index in [4.69, 9.17) is 4.74 Å². The van der Waals surface area contributed by atoms with E-state index in [1.54, 1.807) is 9.80 Å². The Kier molecular flexibility index (Phi) is 8.19. The first-order valence-corrected chi connectivity index (χ1v) is 10.8. The minimum absolute atomic E-state index is 0.844. The Bertz CT molecular complexity index is 633. The summed E-state index contributed by atoms with van der Waals surface area (Å²) in [5.41, 5.74) is 2.89. The lowest BCUT2D eigenvalue weighted by Crippen LogP contribution is -3.27. The smallest absolute Gasteiger partial charge is 0.127 e. The second-order valence-corrected chi connectivity index (χ2v) is 7.89. The molecule has 1 heterocycles. The summed E-state index contributed by atoms with van der Waals surface area (Å²) in [5, 5.41) is 0. The summed E-state index contributed by atoms with van der Waals surface area (Å²) >= 11 is 0. The van der Waals surface area contributed by atoms with Gasteiger partial charge in [0.1, 0.15) is 45.0 Å². The predicted molar refractivity (Wildman–Crippen MR) is 111 cm³/mol. The van der Waals surface area contributed by atoms with E-state index in [0.717, 1.165) is 25.3 Å². The number of rotatable bonds is 10. The molecule has 27 heavy (non-hydrogen) atoms. The van der Waals surface area contributed by atoms with Crippen LogP contribution in [0.25, 0.3) is 0 Å². The van der Waals surface area contributed by atoms with Crippen LogP contribution in [0, 0.1) is 0 Å². The fourth-order valence-electron chi connectivity index (χ4n) is 3.91. The molecule has 2 aromatic carbocycles. The van der Waals surface area contributed by atoms with E-state index in [1.807, 2.05) is 0 Å². The molecule has 0 spiro atoms. The van der Waals surface area contributed by atoms with Crippen LogP contribution in [0.2, 0.25) is 0 Å². The Hall–Kier alpha value is -1.84. The van der Waals surface area contributed by atoms with Crippen molar-refractivity contribution in [2.24, 2.45) is 0 Å². The van der Waals surface area contributed by atoms with Gasteiger partial charge in [-0.3, -0.25) is 0 Å². The van der Waals surface area contributed by atoms with E-state index in [-0.39, 0.29) is 0 Å². The lowest BCUT2D eigenvalue weighted by Gasteiger charge is -2.29. The molecule has 1 fully saturated rings. The molecule has 0 bridgehead atoms. The molecule has 0 aromatic heterocycles. The van der Waals surface area contributed by atoms with Crippen molar-refractivity contribution in [1.82, 2.24) is 0 Å². The molecular formula is C24H36N2O+2. The second kappa shape index (κ2) is 11.1. The molecule has 0 radical (unpaired) electrons. The quantitative estimate of drug-likeness (QED) is 0.615. The highest BCUT2D eigenvalue weighted by atomic mass is 16.5. The van der Waals surface area contributed by atoms with Crippen molar-refractivity contribution >= 4 is 0 Å². The number of benzene rings is 2. The minimum Gasteiger partial charge on any atom is -0.494 e. The zero-order valence-electron chi connectivity index (χ0n) is 16.9.